The Bertz CT molecular complexity index is 1500. The predicted molar refractivity (Wildman–Crippen MR) is 141 cm³/mol. The van der Waals surface area contributed by atoms with Gasteiger partial charge in [-0.15, -0.1) is 23.4 Å². The van der Waals surface area contributed by atoms with Gasteiger partial charge in [0.2, 0.25) is 10.0 Å². The molecule has 1 fully saturated rings. The van der Waals surface area contributed by atoms with Gasteiger partial charge >= 0.3 is 0 Å². The number of nitro benzene ring substituents is 2. The van der Waals surface area contributed by atoms with Crippen LogP contribution in [0.25, 0.3) is 0 Å². The van der Waals surface area contributed by atoms with Gasteiger partial charge in [0, 0.05) is 35.1 Å². The van der Waals surface area contributed by atoms with E-state index in [9.17, 15) is 28.6 Å². The maximum absolute atomic E-state index is 12.1. The zero-order chi connectivity index (χ0) is 26.5. The number of primary sulfonamides is 1. The van der Waals surface area contributed by atoms with Gasteiger partial charge in [-0.05, 0) is 47.7 Å². The van der Waals surface area contributed by atoms with E-state index < -0.39 is 25.2 Å². The van der Waals surface area contributed by atoms with Crippen molar-refractivity contribution < 1.29 is 18.3 Å². The van der Waals surface area contributed by atoms with E-state index in [1.165, 1.54) is 42.1 Å². The lowest BCUT2D eigenvalue weighted by Crippen LogP contribution is -2.31. The number of nitrogens with zero attached hydrogens (tertiary/aromatic N) is 2. The highest BCUT2D eigenvalue weighted by Crippen LogP contribution is 2.58. The molecular weight excluding hydrogens is 540 g/mol. The largest absolute Gasteiger partial charge is 0.378 e. The molecule has 192 valence electrons. The number of para-hydroxylation sites is 1. The van der Waals surface area contributed by atoms with E-state index in [1.54, 1.807) is 36.4 Å². The van der Waals surface area contributed by atoms with Crippen LogP contribution in [0.4, 0.5) is 17.1 Å². The molecule has 0 saturated heterocycles. The first-order chi connectivity index (χ1) is 17.5. The summed E-state index contributed by atoms with van der Waals surface area (Å²) in [5.41, 5.74) is 2.19. The summed E-state index contributed by atoms with van der Waals surface area (Å²) in [5.74, 6) is -0.410. The fraction of sp³-hybridized carbons (Fsp3) is 0.250. The molecule has 0 aromatic heterocycles. The summed E-state index contributed by atoms with van der Waals surface area (Å²) in [5, 5.41) is 30.9. The third-order valence-electron chi connectivity index (χ3n) is 6.92. The van der Waals surface area contributed by atoms with Gasteiger partial charge in [0.25, 0.3) is 11.4 Å². The fourth-order valence-corrected chi connectivity index (χ4v) is 7.77. The first-order valence-electron chi connectivity index (χ1n) is 11.3. The summed E-state index contributed by atoms with van der Waals surface area (Å²) < 4.78 is 24.1. The van der Waals surface area contributed by atoms with Gasteiger partial charge in [0.1, 0.15) is 0 Å². The van der Waals surface area contributed by atoms with Crippen LogP contribution in [0.15, 0.2) is 76.5 Å². The molecule has 1 aliphatic carbocycles. The molecule has 5 rings (SSSR count). The van der Waals surface area contributed by atoms with Crippen LogP contribution in [0, 0.1) is 26.1 Å². The highest BCUT2D eigenvalue weighted by Gasteiger charge is 2.50. The Kier molecular flexibility index (Phi) is 6.61. The molecule has 37 heavy (non-hydrogen) atoms. The number of anilines is 1. The van der Waals surface area contributed by atoms with Crippen LogP contribution in [-0.4, -0.2) is 28.9 Å². The molecule has 0 spiro atoms. The minimum Gasteiger partial charge on any atom is -0.378 e. The number of hydrogen-bond acceptors (Lipinski definition) is 8. The van der Waals surface area contributed by atoms with Crippen LogP contribution in [0.3, 0.4) is 0 Å². The van der Waals surface area contributed by atoms with Crippen molar-refractivity contribution in [2.75, 3.05) is 5.32 Å². The number of non-ortho nitro benzene ring substituents is 1. The van der Waals surface area contributed by atoms with E-state index >= 15 is 0 Å². The lowest BCUT2D eigenvalue weighted by molar-refractivity contribution is -0.387. The van der Waals surface area contributed by atoms with Crippen molar-refractivity contribution in [2.24, 2.45) is 11.1 Å². The molecule has 3 aromatic carbocycles. The molecule has 0 radical (unpaired) electrons. The molecule has 1 saturated carbocycles. The number of nitrogens with one attached hydrogen (secondary N) is 1. The number of halogens is 1. The molecular formula is C24H21ClN4O6S2. The van der Waals surface area contributed by atoms with E-state index in [1.807, 2.05) is 0 Å². The maximum Gasteiger partial charge on any atom is 0.282 e. The normalized spacial score (nSPS) is 24.5. The lowest BCUT2D eigenvalue weighted by atomic mass is 9.77. The lowest BCUT2D eigenvalue weighted by Gasteiger charge is -2.38. The average Bonchev–Trinajstić information content (AvgIpc) is 3.19. The molecule has 13 heteroatoms. The van der Waals surface area contributed by atoms with Gasteiger partial charge in [-0.2, -0.15) is 0 Å². The first-order valence-corrected chi connectivity index (χ1v) is 14.1. The third kappa shape index (κ3) is 4.77. The number of alkyl halides is 1. The summed E-state index contributed by atoms with van der Waals surface area (Å²) >= 11 is 8.39. The van der Waals surface area contributed by atoms with Crippen molar-refractivity contribution in [3.63, 3.8) is 0 Å². The van der Waals surface area contributed by atoms with Crippen LogP contribution >= 0.6 is 23.4 Å². The zero-order valence-electron chi connectivity index (χ0n) is 19.1. The number of hydrogen-bond donors (Lipinski definition) is 2. The van der Waals surface area contributed by atoms with E-state index in [0.717, 1.165) is 5.56 Å². The van der Waals surface area contributed by atoms with E-state index in [4.69, 9.17) is 16.7 Å². The molecule has 1 heterocycles. The van der Waals surface area contributed by atoms with Gasteiger partial charge in [0.15, 0.2) is 0 Å². The number of rotatable bonds is 6. The number of benzene rings is 3. The van der Waals surface area contributed by atoms with E-state index in [2.05, 4.69) is 5.32 Å². The molecule has 3 N–H and O–H groups in total. The highest BCUT2D eigenvalue weighted by atomic mass is 35.5. The van der Waals surface area contributed by atoms with Crippen LogP contribution in [0.2, 0.25) is 0 Å². The van der Waals surface area contributed by atoms with Crippen molar-refractivity contribution in [1.82, 2.24) is 0 Å². The Morgan fingerprint density at radius 3 is 2.35 bits per heavy atom. The van der Waals surface area contributed by atoms with E-state index in [0.29, 0.717) is 22.6 Å². The summed E-state index contributed by atoms with van der Waals surface area (Å²) in [6.07, 6.45) is 0.573. The van der Waals surface area contributed by atoms with Crippen molar-refractivity contribution in [3.05, 3.63) is 98.1 Å². The third-order valence-corrected chi connectivity index (χ3v) is 9.94. The number of thioether (sulfide) groups is 1. The monoisotopic (exact) mass is 560 g/mol. The Hall–Kier alpha value is -3.19. The summed E-state index contributed by atoms with van der Waals surface area (Å²) in [6.45, 7) is 0. The van der Waals surface area contributed by atoms with Gasteiger partial charge < -0.3 is 5.32 Å². The quantitative estimate of drug-likeness (QED) is 0.237. The molecule has 0 unspecified atom stereocenters. The molecule has 1 aliphatic heterocycles. The molecule has 5 atom stereocenters. The van der Waals surface area contributed by atoms with Gasteiger partial charge in [-0.3, -0.25) is 20.2 Å². The summed E-state index contributed by atoms with van der Waals surface area (Å²) in [4.78, 5) is 22.3. The molecule has 3 aromatic rings. The van der Waals surface area contributed by atoms with Gasteiger partial charge in [0.05, 0.1) is 31.1 Å². The minimum atomic E-state index is -3.95. The minimum absolute atomic E-state index is 0.00630. The maximum atomic E-state index is 12.1. The van der Waals surface area contributed by atoms with Gasteiger partial charge in [-0.25, -0.2) is 13.6 Å². The molecule has 0 bridgehead atoms. The number of fused-ring (bicyclic) bond motifs is 3. The van der Waals surface area contributed by atoms with Crippen molar-refractivity contribution >= 4 is 50.4 Å². The summed E-state index contributed by atoms with van der Waals surface area (Å²) in [6, 6.07) is 17.1. The van der Waals surface area contributed by atoms with Crippen LogP contribution in [-0.2, 0) is 10.0 Å². The van der Waals surface area contributed by atoms with Crippen molar-refractivity contribution in [2.45, 2.75) is 38.8 Å². The second kappa shape index (κ2) is 9.60. The van der Waals surface area contributed by atoms with Crippen LogP contribution < -0.4 is 10.5 Å². The van der Waals surface area contributed by atoms with E-state index in [-0.39, 0.29) is 39.4 Å². The Labute approximate surface area is 221 Å². The van der Waals surface area contributed by atoms with Crippen LogP contribution in [0.1, 0.15) is 29.5 Å². The molecule has 10 nitrogen and oxygen atoms in total. The Morgan fingerprint density at radius 2 is 1.70 bits per heavy atom. The first kappa shape index (κ1) is 25.5. The molecule has 0 amide bonds. The smallest absolute Gasteiger partial charge is 0.282 e. The fourth-order valence-electron chi connectivity index (χ4n) is 5.28. The second-order valence-electron chi connectivity index (χ2n) is 9.02. The van der Waals surface area contributed by atoms with Crippen LogP contribution in [0.5, 0.6) is 0 Å². The topological polar surface area (TPSA) is 158 Å². The number of sulfonamides is 1. The SMILES string of the molecule is NS(=O)(=O)c1ccc2c(c1)[C@@H]1[C@H](Cl)[C@H](Sc3ccccc3[N+](=O)[O-])C[C@@H]1[C@H](c1ccc([N+](=O)[O-])cc1)N2. The highest BCUT2D eigenvalue weighted by molar-refractivity contribution is 8.00. The second-order valence-corrected chi connectivity index (χ2v) is 12.4. The standard InChI is InChI=1S/C24H21ClN4O6S2/c25-23-21(36-20-4-2-1-3-19(20)29(32)33)12-17-22(23)16-11-15(37(26,34)35)9-10-18(16)27-24(17)13-5-7-14(8-6-13)28(30)31/h1-11,17,21-24,27H,12H2,(H2,26,34,35)/t17-,21+,22-,23+,24-/m0/s1. The Balaban J connectivity index is 1.57. The Morgan fingerprint density at radius 1 is 1.00 bits per heavy atom. The van der Waals surface area contributed by atoms with Crippen molar-refractivity contribution in [3.8, 4) is 0 Å². The number of nitrogens with two attached hydrogens (primary N) is 1. The predicted octanol–water partition coefficient (Wildman–Crippen LogP) is 5.19. The molecule has 2 aliphatic rings. The summed E-state index contributed by atoms with van der Waals surface area (Å²) in [7, 11) is -3.95. The zero-order valence-corrected chi connectivity index (χ0v) is 21.4. The number of nitro groups is 2. The van der Waals surface area contributed by atoms with Crippen molar-refractivity contribution in [1.29, 1.82) is 0 Å². The van der Waals surface area contributed by atoms with Gasteiger partial charge in [-0.1, -0.05) is 24.3 Å². The average molecular weight is 561 g/mol.